The van der Waals surface area contributed by atoms with Crippen LogP contribution in [0.25, 0.3) is 0 Å². The standard InChI is InChI=1S/C24H33N3O5S/c1-5-25-24(29)19(2)26(18-20-12-7-6-8-13-20)23(28)16-11-17-27(33(4,30)31)21-14-9-10-15-22(21)32-3/h6-10,12-15,19H,5,11,16-18H2,1-4H3,(H,25,29)/t19-/m0/s1. The Morgan fingerprint density at radius 1 is 1.06 bits per heavy atom. The van der Waals surface area contributed by atoms with Crippen LogP contribution in [0.15, 0.2) is 54.6 Å². The number of amides is 2. The van der Waals surface area contributed by atoms with Crippen molar-refractivity contribution < 1.29 is 22.7 Å². The molecule has 2 amide bonds. The first-order valence-corrected chi connectivity index (χ1v) is 12.8. The summed E-state index contributed by atoms with van der Waals surface area (Å²) in [5.41, 5.74) is 1.33. The van der Waals surface area contributed by atoms with Crippen molar-refractivity contribution in [3.63, 3.8) is 0 Å². The molecular formula is C24H33N3O5S. The molecule has 2 aromatic carbocycles. The van der Waals surface area contributed by atoms with Crippen LogP contribution in [0.2, 0.25) is 0 Å². The number of para-hydroxylation sites is 2. The Morgan fingerprint density at radius 3 is 2.30 bits per heavy atom. The van der Waals surface area contributed by atoms with Gasteiger partial charge in [0, 0.05) is 26.1 Å². The highest BCUT2D eigenvalue weighted by Crippen LogP contribution is 2.29. The summed E-state index contributed by atoms with van der Waals surface area (Å²) in [5, 5.41) is 2.76. The van der Waals surface area contributed by atoms with Gasteiger partial charge in [0.2, 0.25) is 21.8 Å². The van der Waals surface area contributed by atoms with Gasteiger partial charge in [0.1, 0.15) is 11.8 Å². The lowest BCUT2D eigenvalue weighted by molar-refractivity contribution is -0.140. The minimum absolute atomic E-state index is 0.0950. The summed E-state index contributed by atoms with van der Waals surface area (Å²) >= 11 is 0. The Kier molecular flexibility index (Phi) is 9.72. The Morgan fingerprint density at radius 2 is 1.70 bits per heavy atom. The molecule has 0 spiro atoms. The minimum Gasteiger partial charge on any atom is -0.495 e. The van der Waals surface area contributed by atoms with Crippen molar-refractivity contribution >= 4 is 27.5 Å². The predicted octanol–water partition coefficient (Wildman–Crippen LogP) is 2.79. The van der Waals surface area contributed by atoms with E-state index in [1.54, 1.807) is 31.2 Å². The summed E-state index contributed by atoms with van der Waals surface area (Å²) in [6.07, 6.45) is 1.51. The molecule has 0 bridgehead atoms. The van der Waals surface area contributed by atoms with Crippen LogP contribution in [-0.2, 0) is 26.2 Å². The van der Waals surface area contributed by atoms with Gasteiger partial charge >= 0.3 is 0 Å². The molecule has 0 saturated carbocycles. The number of carbonyl (C=O) groups is 2. The lowest BCUT2D eigenvalue weighted by Gasteiger charge is -2.29. The van der Waals surface area contributed by atoms with E-state index in [9.17, 15) is 18.0 Å². The van der Waals surface area contributed by atoms with Crippen LogP contribution >= 0.6 is 0 Å². The van der Waals surface area contributed by atoms with E-state index in [-0.39, 0.29) is 31.2 Å². The maximum absolute atomic E-state index is 13.1. The van der Waals surface area contributed by atoms with Gasteiger partial charge in [-0.25, -0.2) is 8.42 Å². The molecule has 0 fully saturated rings. The fourth-order valence-electron chi connectivity index (χ4n) is 3.50. The number of nitrogens with one attached hydrogen (secondary N) is 1. The number of nitrogens with zero attached hydrogens (tertiary/aromatic N) is 2. The lowest BCUT2D eigenvalue weighted by atomic mass is 10.1. The number of likely N-dealkylation sites (N-methyl/N-ethyl adjacent to an activating group) is 1. The van der Waals surface area contributed by atoms with Crippen LogP contribution in [0.1, 0.15) is 32.3 Å². The van der Waals surface area contributed by atoms with Crippen LogP contribution in [0.5, 0.6) is 5.75 Å². The number of rotatable bonds is 12. The van der Waals surface area contributed by atoms with Crippen molar-refractivity contribution in [1.29, 1.82) is 0 Å². The first-order valence-electron chi connectivity index (χ1n) is 10.9. The van der Waals surface area contributed by atoms with E-state index < -0.39 is 16.1 Å². The molecule has 0 aliphatic rings. The zero-order valence-corrected chi connectivity index (χ0v) is 20.5. The predicted molar refractivity (Wildman–Crippen MR) is 130 cm³/mol. The normalized spacial score (nSPS) is 12.0. The average Bonchev–Trinajstić information content (AvgIpc) is 2.79. The Bertz CT molecular complexity index is 1030. The first kappa shape index (κ1) is 26.2. The maximum Gasteiger partial charge on any atom is 0.242 e. The molecule has 2 rings (SSSR count). The zero-order chi connectivity index (χ0) is 24.4. The largest absolute Gasteiger partial charge is 0.495 e. The zero-order valence-electron chi connectivity index (χ0n) is 19.7. The van der Waals surface area contributed by atoms with Gasteiger partial charge in [-0.05, 0) is 38.0 Å². The highest BCUT2D eigenvalue weighted by molar-refractivity contribution is 7.92. The van der Waals surface area contributed by atoms with Crippen molar-refractivity contribution in [2.75, 3.05) is 30.8 Å². The smallest absolute Gasteiger partial charge is 0.242 e. The fourth-order valence-corrected chi connectivity index (χ4v) is 4.47. The summed E-state index contributed by atoms with van der Waals surface area (Å²) in [4.78, 5) is 27.1. The number of anilines is 1. The number of ether oxygens (including phenoxy) is 1. The molecular weight excluding hydrogens is 442 g/mol. The molecule has 0 aliphatic heterocycles. The molecule has 33 heavy (non-hydrogen) atoms. The van der Waals surface area contributed by atoms with E-state index in [1.165, 1.54) is 16.3 Å². The SMILES string of the molecule is CCNC(=O)[C@H](C)N(Cc1ccccc1)C(=O)CCCN(c1ccccc1OC)S(C)(=O)=O. The van der Waals surface area contributed by atoms with Gasteiger partial charge in [0.05, 0.1) is 19.1 Å². The minimum atomic E-state index is -3.59. The van der Waals surface area contributed by atoms with Crippen LogP contribution < -0.4 is 14.4 Å². The number of methoxy groups -OCH3 is 1. The van der Waals surface area contributed by atoms with Gasteiger partial charge in [-0.1, -0.05) is 42.5 Å². The van der Waals surface area contributed by atoms with Crippen LogP contribution in [0, 0.1) is 0 Å². The van der Waals surface area contributed by atoms with Crippen molar-refractivity contribution in [2.45, 2.75) is 39.3 Å². The lowest BCUT2D eigenvalue weighted by Crippen LogP contribution is -2.47. The molecule has 0 unspecified atom stereocenters. The number of hydrogen-bond acceptors (Lipinski definition) is 5. The Labute approximate surface area is 196 Å². The van der Waals surface area contributed by atoms with Gasteiger partial charge in [-0.2, -0.15) is 0 Å². The quantitative estimate of drug-likeness (QED) is 0.509. The van der Waals surface area contributed by atoms with Gasteiger partial charge in [0.25, 0.3) is 0 Å². The second kappa shape index (κ2) is 12.2. The van der Waals surface area contributed by atoms with Crippen molar-refractivity contribution in [3.05, 3.63) is 60.2 Å². The van der Waals surface area contributed by atoms with Crippen molar-refractivity contribution in [1.82, 2.24) is 10.2 Å². The van der Waals surface area contributed by atoms with E-state index in [2.05, 4.69) is 5.32 Å². The van der Waals surface area contributed by atoms with Gasteiger partial charge in [-0.3, -0.25) is 13.9 Å². The van der Waals surface area contributed by atoms with Gasteiger partial charge in [-0.15, -0.1) is 0 Å². The molecule has 2 aromatic rings. The average molecular weight is 476 g/mol. The van der Waals surface area contributed by atoms with Crippen molar-refractivity contribution in [3.8, 4) is 5.75 Å². The summed E-state index contributed by atoms with van der Waals surface area (Å²) in [5.74, 6) is -0.00976. The molecule has 1 atom stereocenters. The molecule has 9 heteroatoms. The van der Waals surface area contributed by atoms with Crippen LogP contribution in [0.4, 0.5) is 5.69 Å². The molecule has 1 N–H and O–H groups in total. The van der Waals surface area contributed by atoms with Crippen molar-refractivity contribution in [2.24, 2.45) is 0 Å². The topological polar surface area (TPSA) is 96.0 Å². The Balaban J connectivity index is 2.16. The molecule has 0 aliphatic carbocycles. The molecule has 0 aromatic heterocycles. The maximum atomic E-state index is 13.1. The third-order valence-electron chi connectivity index (χ3n) is 5.22. The van der Waals surface area contributed by atoms with Gasteiger partial charge < -0.3 is 15.0 Å². The molecule has 8 nitrogen and oxygen atoms in total. The summed E-state index contributed by atoms with van der Waals surface area (Å²) in [7, 11) is -2.11. The Hall–Kier alpha value is -3.07. The molecule has 0 heterocycles. The first-order chi connectivity index (χ1) is 15.7. The van der Waals surface area contributed by atoms with E-state index in [1.807, 2.05) is 37.3 Å². The van der Waals surface area contributed by atoms with Crippen LogP contribution in [0.3, 0.4) is 0 Å². The molecule has 0 saturated heterocycles. The third-order valence-corrected chi connectivity index (χ3v) is 6.40. The number of benzene rings is 2. The van der Waals surface area contributed by atoms with Gasteiger partial charge in [0.15, 0.2) is 0 Å². The monoisotopic (exact) mass is 475 g/mol. The highest BCUT2D eigenvalue weighted by atomic mass is 32.2. The highest BCUT2D eigenvalue weighted by Gasteiger charge is 2.26. The second-order valence-corrected chi connectivity index (χ2v) is 9.60. The third kappa shape index (κ3) is 7.49. The summed E-state index contributed by atoms with van der Waals surface area (Å²) in [6.45, 7) is 4.40. The molecule has 180 valence electrons. The van der Waals surface area contributed by atoms with E-state index in [4.69, 9.17) is 4.74 Å². The number of hydrogen-bond donors (Lipinski definition) is 1. The van der Waals surface area contributed by atoms with E-state index in [0.29, 0.717) is 24.5 Å². The van der Waals surface area contributed by atoms with E-state index in [0.717, 1.165) is 11.8 Å². The number of carbonyl (C=O) groups excluding carboxylic acids is 2. The fraction of sp³-hybridized carbons (Fsp3) is 0.417. The van der Waals surface area contributed by atoms with E-state index >= 15 is 0 Å². The summed E-state index contributed by atoms with van der Waals surface area (Å²) < 4.78 is 31.4. The molecule has 0 radical (unpaired) electrons. The second-order valence-electron chi connectivity index (χ2n) is 7.69. The summed E-state index contributed by atoms with van der Waals surface area (Å²) in [6, 6.07) is 15.6. The number of sulfonamides is 1. The van der Waals surface area contributed by atoms with Crippen LogP contribution in [-0.4, -0.2) is 57.6 Å².